The van der Waals surface area contributed by atoms with Crippen molar-refractivity contribution >= 4 is 6.34 Å². The fourth-order valence-corrected chi connectivity index (χ4v) is 1.09. The molecule has 0 saturated carbocycles. The van der Waals surface area contributed by atoms with E-state index in [9.17, 15) is 0 Å². The van der Waals surface area contributed by atoms with E-state index in [1.54, 1.807) is 12.5 Å². The monoisotopic (exact) mass is 159 g/mol. The van der Waals surface area contributed by atoms with Gasteiger partial charge in [-0.15, -0.1) is 0 Å². The minimum absolute atomic E-state index is 0.0763. The van der Waals surface area contributed by atoms with Crippen molar-refractivity contribution in [2.24, 2.45) is 4.99 Å². The van der Waals surface area contributed by atoms with Crippen LogP contribution in [0.1, 0.15) is 11.7 Å². The zero-order valence-corrected chi connectivity index (χ0v) is 6.51. The molecule has 12 heavy (non-hydrogen) atoms. The molecule has 0 aliphatic carbocycles. The van der Waals surface area contributed by atoms with Crippen LogP contribution in [-0.4, -0.2) is 11.3 Å². The minimum atomic E-state index is 0.0763. The second kappa shape index (κ2) is 3.17. The highest BCUT2D eigenvalue weighted by atomic mass is 15.0. The fourth-order valence-electron chi connectivity index (χ4n) is 1.09. The first-order valence-electron chi connectivity index (χ1n) is 3.82. The number of rotatable bonds is 1. The summed E-state index contributed by atoms with van der Waals surface area (Å²) in [7, 11) is 0. The summed E-state index contributed by atoms with van der Waals surface area (Å²) in [5.41, 5.74) is 0.978. The summed E-state index contributed by atoms with van der Waals surface area (Å²) < 4.78 is 0. The molecule has 0 radical (unpaired) electrons. The van der Waals surface area contributed by atoms with Crippen LogP contribution in [0.15, 0.2) is 41.7 Å². The lowest BCUT2D eigenvalue weighted by atomic mass is 10.2. The van der Waals surface area contributed by atoms with Crippen molar-refractivity contribution in [3.8, 4) is 0 Å². The number of hydrogen-bond donors (Lipinski definition) is 1. The van der Waals surface area contributed by atoms with Gasteiger partial charge in [0.1, 0.15) is 6.04 Å². The van der Waals surface area contributed by atoms with Gasteiger partial charge in [-0.05, 0) is 18.2 Å². The van der Waals surface area contributed by atoms with Gasteiger partial charge in [0.25, 0.3) is 0 Å². The molecule has 0 spiro atoms. The Balaban J connectivity index is 2.25. The number of pyridine rings is 1. The molecule has 60 valence electrons. The van der Waals surface area contributed by atoms with Gasteiger partial charge in [-0.25, -0.2) is 0 Å². The summed E-state index contributed by atoms with van der Waals surface area (Å²) in [6, 6.07) is 5.91. The van der Waals surface area contributed by atoms with Gasteiger partial charge in [-0.3, -0.25) is 9.98 Å². The second-order valence-electron chi connectivity index (χ2n) is 2.50. The van der Waals surface area contributed by atoms with Gasteiger partial charge >= 0.3 is 0 Å². The van der Waals surface area contributed by atoms with Gasteiger partial charge in [-0.1, -0.05) is 6.07 Å². The molecular formula is C9H9N3. The van der Waals surface area contributed by atoms with Crippen molar-refractivity contribution in [2.75, 3.05) is 0 Å². The molecule has 1 aliphatic rings. The molecule has 1 aromatic heterocycles. The van der Waals surface area contributed by atoms with Crippen molar-refractivity contribution in [3.63, 3.8) is 0 Å². The van der Waals surface area contributed by atoms with Crippen LogP contribution in [-0.2, 0) is 0 Å². The third-order valence-corrected chi connectivity index (χ3v) is 1.68. The SMILES string of the molecule is C1=C[C@@H](c2ccccn2)N=CN1. The third kappa shape index (κ3) is 1.34. The molecular weight excluding hydrogens is 150 g/mol. The summed E-state index contributed by atoms with van der Waals surface area (Å²) in [5.74, 6) is 0. The molecule has 2 heterocycles. The smallest absolute Gasteiger partial charge is 0.113 e. The van der Waals surface area contributed by atoms with Crippen molar-refractivity contribution in [1.82, 2.24) is 10.3 Å². The standard InChI is InChI=1S/C9H9N3/c1-2-5-11-8(3-1)9-4-6-10-7-12-9/h1-7,9H,(H,10,12)/t9-/m0/s1. The fraction of sp³-hybridized carbons (Fsp3) is 0.111. The van der Waals surface area contributed by atoms with Crippen LogP contribution in [0.25, 0.3) is 0 Å². The molecule has 0 amide bonds. The van der Waals surface area contributed by atoms with Crippen molar-refractivity contribution in [2.45, 2.75) is 6.04 Å². The van der Waals surface area contributed by atoms with Crippen LogP contribution in [0, 0.1) is 0 Å². The van der Waals surface area contributed by atoms with Crippen molar-refractivity contribution < 1.29 is 0 Å². The highest BCUT2D eigenvalue weighted by Crippen LogP contribution is 2.16. The molecule has 0 aromatic carbocycles. The lowest BCUT2D eigenvalue weighted by molar-refractivity contribution is 0.842. The van der Waals surface area contributed by atoms with Crippen LogP contribution < -0.4 is 5.32 Å². The van der Waals surface area contributed by atoms with E-state index in [1.807, 2.05) is 30.5 Å². The van der Waals surface area contributed by atoms with Gasteiger partial charge < -0.3 is 5.32 Å². The Hall–Kier alpha value is -1.64. The molecule has 1 aliphatic heterocycles. The highest BCUT2D eigenvalue weighted by molar-refractivity contribution is 5.58. The van der Waals surface area contributed by atoms with E-state index in [4.69, 9.17) is 0 Å². The Bertz CT molecular complexity index is 291. The number of nitrogens with one attached hydrogen (secondary N) is 1. The average Bonchev–Trinajstić information content (AvgIpc) is 2.21. The van der Waals surface area contributed by atoms with Gasteiger partial charge in [0.2, 0.25) is 0 Å². The minimum Gasteiger partial charge on any atom is -0.353 e. The first-order chi connectivity index (χ1) is 5.97. The Morgan fingerprint density at radius 1 is 1.33 bits per heavy atom. The lowest BCUT2D eigenvalue weighted by Crippen LogP contribution is -2.09. The molecule has 0 fully saturated rings. The van der Waals surface area contributed by atoms with E-state index < -0.39 is 0 Å². The summed E-state index contributed by atoms with van der Waals surface area (Å²) in [6.45, 7) is 0. The molecule has 0 bridgehead atoms. The molecule has 1 N–H and O–H groups in total. The molecule has 3 nitrogen and oxygen atoms in total. The zero-order valence-electron chi connectivity index (χ0n) is 6.51. The maximum Gasteiger partial charge on any atom is 0.113 e. The summed E-state index contributed by atoms with van der Waals surface area (Å²) in [6.07, 6.45) is 7.30. The normalized spacial score (nSPS) is 20.5. The maximum absolute atomic E-state index is 4.21. The second-order valence-corrected chi connectivity index (χ2v) is 2.50. The van der Waals surface area contributed by atoms with Crippen LogP contribution in [0.2, 0.25) is 0 Å². The van der Waals surface area contributed by atoms with Gasteiger partial charge in [0.05, 0.1) is 12.0 Å². The number of nitrogens with zero attached hydrogens (tertiary/aromatic N) is 2. The van der Waals surface area contributed by atoms with Crippen molar-refractivity contribution in [1.29, 1.82) is 0 Å². The van der Waals surface area contributed by atoms with Gasteiger partial charge in [0.15, 0.2) is 0 Å². The summed E-state index contributed by atoms with van der Waals surface area (Å²) in [5, 5.41) is 2.88. The molecule has 0 unspecified atom stereocenters. The summed E-state index contributed by atoms with van der Waals surface area (Å²) in [4.78, 5) is 8.42. The van der Waals surface area contributed by atoms with Gasteiger partial charge in [0, 0.05) is 12.4 Å². The van der Waals surface area contributed by atoms with E-state index in [-0.39, 0.29) is 6.04 Å². The predicted molar refractivity (Wildman–Crippen MR) is 47.7 cm³/mol. The Morgan fingerprint density at radius 3 is 3.00 bits per heavy atom. The van der Waals surface area contributed by atoms with Crippen molar-refractivity contribution in [3.05, 3.63) is 42.4 Å². The van der Waals surface area contributed by atoms with Crippen LogP contribution >= 0.6 is 0 Å². The van der Waals surface area contributed by atoms with Crippen LogP contribution in [0.4, 0.5) is 0 Å². The molecule has 0 saturated heterocycles. The predicted octanol–water partition coefficient (Wildman–Crippen LogP) is 1.27. The first-order valence-corrected chi connectivity index (χ1v) is 3.82. The van der Waals surface area contributed by atoms with E-state index in [0.717, 1.165) is 5.69 Å². The largest absolute Gasteiger partial charge is 0.353 e. The molecule has 3 heteroatoms. The zero-order chi connectivity index (χ0) is 8.23. The summed E-state index contributed by atoms with van der Waals surface area (Å²) >= 11 is 0. The topological polar surface area (TPSA) is 37.3 Å². The first kappa shape index (κ1) is 7.03. The van der Waals surface area contributed by atoms with Crippen LogP contribution in [0.3, 0.4) is 0 Å². The highest BCUT2D eigenvalue weighted by Gasteiger charge is 2.06. The Labute approximate surface area is 70.9 Å². The Morgan fingerprint density at radius 2 is 2.33 bits per heavy atom. The maximum atomic E-state index is 4.21. The van der Waals surface area contributed by atoms with E-state index in [1.165, 1.54) is 0 Å². The average molecular weight is 159 g/mol. The quantitative estimate of drug-likeness (QED) is 0.670. The van der Waals surface area contributed by atoms with E-state index in [0.29, 0.717) is 0 Å². The molecule has 1 atom stereocenters. The van der Waals surface area contributed by atoms with E-state index in [2.05, 4.69) is 15.3 Å². The number of aromatic nitrogens is 1. The van der Waals surface area contributed by atoms with Crippen LogP contribution in [0.5, 0.6) is 0 Å². The lowest BCUT2D eigenvalue weighted by Gasteiger charge is -2.09. The molecule has 1 aromatic rings. The number of aliphatic imine (C=N–C) groups is 1. The number of hydrogen-bond acceptors (Lipinski definition) is 3. The molecule has 2 rings (SSSR count). The third-order valence-electron chi connectivity index (χ3n) is 1.68. The van der Waals surface area contributed by atoms with E-state index >= 15 is 0 Å². The Kier molecular flexibility index (Phi) is 1.86. The van der Waals surface area contributed by atoms with Gasteiger partial charge in [-0.2, -0.15) is 0 Å².